The zero-order valence-electron chi connectivity index (χ0n) is 10.9. The van der Waals surface area contributed by atoms with Gasteiger partial charge in [0.1, 0.15) is 11.6 Å². The Bertz CT molecular complexity index is 212. The Kier molecular flexibility index (Phi) is 4.69. The van der Waals surface area contributed by atoms with Gasteiger partial charge in [0.15, 0.2) is 0 Å². The van der Waals surface area contributed by atoms with E-state index in [-0.39, 0.29) is 28.8 Å². The van der Waals surface area contributed by atoms with Crippen LogP contribution in [0.3, 0.4) is 0 Å². The Hall–Kier alpha value is -0.660. The van der Waals surface area contributed by atoms with E-state index in [9.17, 15) is 9.59 Å². The highest BCUT2D eigenvalue weighted by molar-refractivity contribution is 5.99. The zero-order valence-corrected chi connectivity index (χ0v) is 10.9. The van der Waals surface area contributed by atoms with Gasteiger partial charge in [-0.15, -0.1) is 0 Å². The number of Topliss-reactive ketones (excluding diaryl/α,β-unsaturated/α-hetero) is 2. The lowest BCUT2D eigenvalue weighted by Gasteiger charge is -2.18. The van der Waals surface area contributed by atoms with Crippen LogP contribution in [0.1, 0.15) is 60.8 Å². The van der Waals surface area contributed by atoms with Crippen LogP contribution in [0.5, 0.6) is 0 Å². The maximum absolute atomic E-state index is 11.5. The molecule has 0 fully saturated rings. The molecule has 0 aliphatic heterocycles. The van der Waals surface area contributed by atoms with E-state index in [1.165, 1.54) is 0 Å². The SMILES string of the molecule is CC(C)(C)CC(=O)CC(=O)CC(C)(C)C. The quantitative estimate of drug-likeness (QED) is 0.669. The Balaban J connectivity index is 4.04. The molecule has 88 valence electrons. The second-order valence-electron chi connectivity index (χ2n) is 6.73. The summed E-state index contributed by atoms with van der Waals surface area (Å²) in [7, 11) is 0. The van der Waals surface area contributed by atoms with Gasteiger partial charge in [-0.2, -0.15) is 0 Å². The molecule has 0 bridgehead atoms. The van der Waals surface area contributed by atoms with Crippen LogP contribution in [-0.4, -0.2) is 11.6 Å². The fourth-order valence-electron chi connectivity index (χ4n) is 1.53. The summed E-state index contributed by atoms with van der Waals surface area (Å²) < 4.78 is 0. The molecule has 0 amide bonds. The second kappa shape index (κ2) is 4.91. The third-order valence-corrected chi connectivity index (χ3v) is 1.85. The van der Waals surface area contributed by atoms with Crippen LogP contribution in [-0.2, 0) is 9.59 Å². The zero-order chi connectivity index (χ0) is 12.3. The highest BCUT2D eigenvalue weighted by atomic mass is 16.1. The molecule has 0 N–H and O–H groups in total. The summed E-state index contributed by atoms with van der Waals surface area (Å²) in [6.45, 7) is 12.1. The largest absolute Gasteiger partial charge is 0.299 e. The molecule has 0 aliphatic rings. The highest BCUT2D eigenvalue weighted by Crippen LogP contribution is 2.22. The van der Waals surface area contributed by atoms with E-state index < -0.39 is 0 Å². The molecular formula is C13H24O2. The molecule has 0 aromatic rings. The minimum Gasteiger partial charge on any atom is -0.299 e. The molecule has 0 unspecified atom stereocenters. The van der Waals surface area contributed by atoms with Crippen LogP contribution >= 0.6 is 0 Å². The number of ketones is 2. The lowest BCUT2D eigenvalue weighted by Crippen LogP contribution is -2.19. The Labute approximate surface area is 93.4 Å². The molecule has 0 rings (SSSR count). The Morgan fingerprint density at radius 3 is 1.20 bits per heavy atom. The van der Waals surface area contributed by atoms with Crippen LogP contribution in [0, 0.1) is 10.8 Å². The molecule has 0 aliphatic carbocycles. The highest BCUT2D eigenvalue weighted by Gasteiger charge is 2.21. The van der Waals surface area contributed by atoms with Crippen molar-refractivity contribution in [3.63, 3.8) is 0 Å². The van der Waals surface area contributed by atoms with Gasteiger partial charge in [-0.3, -0.25) is 9.59 Å². The van der Waals surface area contributed by atoms with Crippen LogP contribution in [0.25, 0.3) is 0 Å². The minimum atomic E-state index is -0.0148. The lowest BCUT2D eigenvalue weighted by molar-refractivity contribution is -0.128. The van der Waals surface area contributed by atoms with Gasteiger partial charge in [0.2, 0.25) is 0 Å². The van der Waals surface area contributed by atoms with E-state index in [4.69, 9.17) is 0 Å². The first kappa shape index (κ1) is 14.3. The van der Waals surface area contributed by atoms with Gasteiger partial charge in [-0.1, -0.05) is 41.5 Å². The molecule has 15 heavy (non-hydrogen) atoms. The maximum atomic E-state index is 11.5. The van der Waals surface area contributed by atoms with Gasteiger partial charge in [0, 0.05) is 12.8 Å². The van der Waals surface area contributed by atoms with E-state index in [1.807, 2.05) is 41.5 Å². The summed E-state index contributed by atoms with van der Waals surface area (Å²) in [5.74, 6) is 0.133. The van der Waals surface area contributed by atoms with Gasteiger partial charge >= 0.3 is 0 Å². The second-order valence-corrected chi connectivity index (χ2v) is 6.73. The van der Waals surface area contributed by atoms with E-state index in [2.05, 4.69) is 0 Å². The van der Waals surface area contributed by atoms with Crippen LogP contribution in [0.4, 0.5) is 0 Å². The normalized spacial score (nSPS) is 12.7. The van der Waals surface area contributed by atoms with Crippen molar-refractivity contribution in [2.24, 2.45) is 10.8 Å². The van der Waals surface area contributed by atoms with Crippen molar-refractivity contribution in [2.75, 3.05) is 0 Å². The molecule has 0 spiro atoms. The number of rotatable bonds is 4. The van der Waals surface area contributed by atoms with Crippen molar-refractivity contribution >= 4 is 11.6 Å². The van der Waals surface area contributed by atoms with Crippen LogP contribution in [0.15, 0.2) is 0 Å². The van der Waals surface area contributed by atoms with Gasteiger partial charge < -0.3 is 0 Å². The van der Waals surface area contributed by atoms with Crippen molar-refractivity contribution in [1.82, 2.24) is 0 Å². The third kappa shape index (κ3) is 9.64. The van der Waals surface area contributed by atoms with Crippen LogP contribution in [0.2, 0.25) is 0 Å². The van der Waals surface area contributed by atoms with E-state index >= 15 is 0 Å². The topological polar surface area (TPSA) is 34.1 Å². The van der Waals surface area contributed by atoms with Crippen LogP contribution < -0.4 is 0 Å². The molecule has 0 radical (unpaired) electrons. The molecule has 0 heterocycles. The van der Waals surface area contributed by atoms with E-state index in [0.29, 0.717) is 12.8 Å². The van der Waals surface area contributed by atoms with Gasteiger partial charge in [0.25, 0.3) is 0 Å². The molecule has 0 aromatic heterocycles. The van der Waals surface area contributed by atoms with Crippen molar-refractivity contribution in [3.8, 4) is 0 Å². The number of carbonyl (C=O) groups excluding carboxylic acids is 2. The molecular weight excluding hydrogens is 188 g/mol. The smallest absolute Gasteiger partial charge is 0.140 e. The average molecular weight is 212 g/mol. The Morgan fingerprint density at radius 1 is 0.733 bits per heavy atom. The first-order valence-corrected chi connectivity index (χ1v) is 5.53. The maximum Gasteiger partial charge on any atom is 0.140 e. The fourth-order valence-corrected chi connectivity index (χ4v) is 1.53. The standard InChI is InChI=1S/C13H24O2/c1-12(2,3)8-10(14)7-11(15)9-13(4,5)6/h7-9H2,1-6H3. The fraction of sp³-hybridized carbons (Fsp3) is 0.846. The first-order chi connectivity index (χ1) is 6.49. The monoisotopic (exact) mass is 212 g/mol. The predicted molar refractivity (Wildman–Crippen MR) is 62.8 cm³/mol. The molecule has 2 nitrogen and oxygen atoms in total. The molecule has 0 saturated heterocycles. The molecule has 2 heteroatoms. The van der Waals surface area contributed by atoms with Gasteiger partial charge in [-0.25, -0.2) is 0 Å². The summed E-state index contributed by atoms with van der Waals surface area (Å²) in [4.78, 5) is 23.1. The summed E-state index contributed by atoms with van der Waals surface area (Å²) in [5, 5.41) is 0. The van der Waals surface area contributed by atoms with Crippen molar-refractivity contribution < 1.29 is 9.59 Å². The first-order valence-electron chi connectivity index (χ1n) is 5.53. The number of hydrogen-bond acceptors (Lipinski definition) is 2. The van der Waals surface area contributed by atoms with Gasteiger partial charge in [0.05, 0.1) is 6.42 Å². The molecule has 0 saturated carbocycles. The summed E-state index contributed by atoms with van der Waals surface area (Å²) >= 11 is 0. The van der Waals surface area contributed by atoms with Crippen molar-refractivity contribution in [2.45, 2.75) is 60.8 Å². The van der Waals surface area contributed by atoms with Crippen molar-refractivity contribution in [3.05, 3.63) is 0 Å². The van der Waals surface area contributed by atoms with E-state index in [0.717, 1.165) is 0 Å². The summed E-state index contributed by atoms with van der Waals surface area (Å²) in [6, 6.07) is 0. The van der Waals surface area contributed by atoms with Gasteiger partial charge in [-0.05, 0) is 10.8 Å². The third-order valence-electron chi connectivity index (χ3n) is 1.85. The number of carbonyl (C=O) groups is 2. The Morgan fingerprint density at radius 2 is 1.00 bits per heavy atom. The summed E-state index contributed by atoms with van der Waals surface area (Å²) in [5.41, 5.74) is -0.0296. The average Bonchev–Trinajstić information content (AvgIpc) is 1.73. The number of hydrogen-bond donors (Lipinski definition) is 0. The summed E-state index contributed by atoms with van der Waals surface area (Å²) in [6.07, 6.45) is 1.08. The lowest BCUT2D eigenvalue weighted by atomic mass is 9.85. The molecule has 0 atom stereocenters. The minimum absolute atomic E-state index is 0.0148. The predicted octanol–water partition coefficient (Wildman–Crippen LogP) is 3.39. The molecule has 0 aromatic carbocycles. The van der Waals surface area contributed by atoms with E-state index in [1.54, 1.807) is 0 Å². The van der Waals surface area contributed by atoms with Crippen molar-refractivity contribution in [1.29, 1.82) is 0 Å².